The highest BCUT2D eigenvalue weighted by molar-refractivity contribution is 7.12. The van der Waals surface area contributed by atoms with Crippen molar-refractivity contribution in [3.8, 4) is 11.5 Å². The molecule has 2 amide bonds. The first-order chi connectivity index (χ1) is 15.4. The molecule has 0 aliphatic carbocycles. The van der Waals surface area contributed by atoms with Crippen LogP contribution in [0.3, 0.4) is 0 Å². The lowest BCUT2D eigenvalue weighted by molar-refractivity contribution is -0.136. The number of hydrogen-bond donors (Lipinski definition) is 2. The third-order valence-corrected chi connectivity index (χ3v) is 5.24. The normalized spacial score (nSPS) is 10.9. The number of ether oxygens (including phenoxy) is 2. The Balaban J connectivity index is 1.64. The van der Waals surface area contributed by atoms with Crippen LogP contribution < -0.4 is 20.2 Å². The Kier molecular flexibility index (Phi) is 7.58. The number of carbonyl (C=O) groups excluding carboxylic acids is 3. The van der Waals surface area contributed by atoms with Gasteiger partial charge < -0.3 is 14.8 Å². The quantitative estimate of drug-likeness (QED) is 0.185. The van der Waals surface area contributed by atoms with Gasteiger partial charge in [-0.25, -0.2) is 10.2 Å². The molecule has 0 aliphatic heterocycles. The summed E-state index contributed by atoms with van der Waals surface area (Å²) >= 11 is 7.06. The van der Waals surface area contributed by atoms with Crippen LogP contribution in [0.1, 0.15) is 22.2 Å². The number of amides is 2. The van der Waals surface area contributed by atoms with Crippen LogP contribution in [-0.2, 0) is 9.59 Å². The summed E-state index contributed by atoms with van der Waals surface area (Å²) in [4.78, 5) is 36.7. The Morgan fingerprint density at radius 3 is 2.41 bits per heavy atom. The average molecular weight is 472 g/mol. The van der Waals surface area contributed by atoms with E-state index in [0.29, 0.717) is 32.6 Å². The van der Waals surface area contributed by atoms with Crippen molar-refractivity contribution in [1.29, 1.82) is 0 Å². The van der Waals surface area contributed by atoms with Gasteiger partial charge in [0.25, 0.3) is 0 Å². The molecular weight excluding hydrogens is 454 g/mol. The highest BCUT2D eigenvalue weighted by Gasteiger charge is 2.16. The van der Waals surface area contributed by atoms with Crippen molar-refractivity contribution in [2.45, 2.75) is 6.92 Å². The summed E-state index contributed by atoms with van der Waals surface area (Å²) in [6, 6.07) is 14.6. The summed E-state index contributed by atoms with van der Waals surface area (Å²) in [7, 11) is 1.44. The number of nitrogens with one attached hydrogen (secondary N) is 2. The number of rotatable bonds is 6. The number of esters is 1. The summed E-state index contributed by atoms with van der Waals surface area (Å²) < 4.78 is 10.7. The van der Waals surface area contributed by atoms with E-state index in [4.69, 9.17) is 21.1 Å². The van der Waals surface area contributed by atoms with Crippen LogP contribution in [0.4, 0.5) is 5.69 Å². The number of benzene rings is 2. The van der Waals surface area contributed by atoms with Crippen molar-refractivity contribution in [3.05, 3.63) is 75.4 Å². The fourth-order valence-corrected chi connectivity index (χ4v) is 3.22. The number of methoxy groups -OCH3 is 1. The fraction of sp³-hybridized carbons (Fsp3) is 0.0909. The Morgan fingerprint density at radius 1 is 1.00 bits per heavy atom. The Bertz CT molecular complexity index is 1160. The van der Waals surface area contributed by atoms with Crippen molar-refractivity contribution >= 4 is 52.1 Å². The topological polar surface area (TPSA) is 106 Å². The van der Waals surface area contributed by atoms with E-state index in [1.165, 1.54) is 18.4 Å². The number of carbonyl (C=O) groups is 3. The van der Waals surface area contributed by atoms with Gasteiger partial charge in [-0.1, -0.05) is 17.7 Å². The second-order valence-corrected chi connectivity index (χ2v) is 7.72. The smallest absolute Gasteiger partial charge is 0.353 e. The Morgan fingerprint density at radius 2 is 1.75 bits per heavy atom. The van der Waals surface area contributed by atoms with E-state index in [1.54, 1.807) is 66.9 Å². The molecular formula is C22H18ClN3O5S. The number of nitrogens with zero attached hydrogens (tertiary/aromatic N) is 1. The average Bonchev–Trinajstić information content (AvgIpc) is 3.34. The first-order valence-corrected chi connectivity index (χ1v) is 10.5. The summed E-state index contributed by atoms with van der Waals surface area (Å²) in [6.45, 7) is 1.64. The molecule has 10 heteroatoms. The molecule has 3 rings (SSSR count). The van der Waals surface area contributed by atoms with E-state index in [0.717, 1.165) is 0 Å². The highest BCUT2D eigenvalue weighted by atomic mass is 35.5. The van der Waals surface area contributed by atoms with E-state index in [2.05, 4.69) is 15.8 Å². The molecule has 0 aliphatic rings. The zero-order valence-electron chi connectivity index (χ0n) is 17.0. The van der Waals surface area contributed by atoms with E-state index in [9.17, 15) is 14.4 Å². The first kappa shape index (κ1) is 23.0. The first-order valence-electron chi connectivity index (χ1n) is 9.22. The largest absolute Gasteiger partial charge is 0.493 e. The molecule has 0 atom stereocenters. The van der Waals surface area contributed by atoms with Crippen LogP contribution in [0.2, 0.25) is 5.02 Å². The summed E-state index contributed by atoms with van der Waals surface area (Å²) in [5.41, 5.74) is 3.63. The molecule has 0 spiro atoms. The minimum absolute atomic E-state index is 0.244. The number of halogens is 1. The predicted molar refractivity (Wildman–Crippen MR) is 123 cm³/mol. The van der Waals surface area contributed by atoms with E-state index in [1.807, 2.05) is 0 Å². The Hall–Kier alpha value is -3.69. The lowest BCUT2D eigenvalue weighted by Crippen LogP contribution is -2.32. The number of thiophene rings is 1. The summed E-state index contributed by atoms with van der Waals surface area (Å²) in [6.07, 6.45) is 0. The molecule has 3 aromatic rings. The van der Waals surface area contributed by atoms with Gasteiger partial charge in [0.15, 0.2) is 11.5 Å². The van der Waals surface area contributed by atoms with Crippen LogP contribution in [0.15, 0.2) is 65.1 Å². The number of anilines is 1. The highest BCUT2D eigenvalue weighted by Crippen LogP contribution is 2.29. The van der Waals surface area contributed by atoms with Crippen LogP contribution in [-0.4, -0.2) is 30.6 Å². The van der Waals surface area contributed by atoms with Crippen molar-refractivity contribution in [3.63, 3.8) is 0 Å². The van der Waals surface area contributed by atoms with E-state index in [-0.39, 0.29) is 5.75 Å². The molecule has 1 heterocycles. The number of hydrogen-bond acceptors (Lipinski definition) is 7. The third kappa shape index (κ3) is 5.93. The minimum Gasteiger partial charge on any atom is -0.493 e. The molecule has 1 aromatic heterocycles. The lowest BCUT2D eigenvalue weighted by Gasteiger charge is -2.11. The fourth-order valence-electron chi connectivity index (χ4n) is 2.49. The zero-order chi connectivity index (χ0) is 23.1. The predicted octanol–water partition coefficient (Wildman–Crippen LogP) is 4.11. The van der Waals surface area contributed by atoms with Crippen LogP contribution in [0.5, 0.6) is 11.5 Å². The Labute approximate surface area is 192 Å². The van der Waals surface area contributed by atoms with Gasteiger partial charge in [-0.05, 0) is 60.8 Å². The molecule has 2 aromatic carbocycles. The standard InChI is InChI=1S/C22H18ClN3O5S/c1-13(25-26-21(28)20(27)24-16-8-6-15(23)7-9-16)14-5-10-17(18(12-14)30-2)31-22(29)19-4-3-11-32-19/h3-12H,1-2H3,(H,24,27)(H,26,28). The summed E-state index contributed by atoms with van der Waals surface area (Å²) in [5.74, 6) is -1.75. The molecule has 2 N–H and O–H groups in total. The molecule has 0 saturated carbocycles. The van der Waals surface area contributed by atoms with Crippen molar-refractivity contribution < 1.29 is 23.9 Å². The maximum Gasteiger partial charge on any atom is 0.353 e. The molecule has 32 heavy (non-hydrogen) atoms. The maximum absolute atomic E-state index is 12.2. The van der Waals surface area contributed by atoms with Gasteiger partial charge in [-0.15, -0.1) is 11.3 Å². The zero-order valence-corrected chi connectivity index (χ0v) is 18.6. The number of hydrazone groups is 1. The molecule has 0 bridgehead atoms. The van der Waals surface area contributed by atoms with Crippen LogP contribution in [0, 0.1) is 0 Å². The molecule has 164 valence electrons. The molecule has 8 nitrogen and oxygen atoms in total. The van der Waals surface area contributed by atoms with Crippen molar-refractivity contribution in [1.82, 2.24) is 5.43 Å². The summed E-state index contributed by atoms with van der Waals surface area (Å²) in [5, 5.41) is 8.68. The van der Waals surface area contributed by atoms with Gasteiger partial charge in [0.05, 0.1) is 12.8 Å². The molecule has 0 fully saturated rings. The van der Waals surface area contributed by atoms with Gasteiger partial charge in [0.1, 0.15) is 4.88 Å². The molecule has 0 unspecified atom stereocenters. The third-order valence-electron chi connectivity index (χ3n) is 4.14. The monoisotopic (exact) mass is 471 g/mol. The van der Waals surface area contributed by atoms with Gasteiger partial charge in [-0.3, -0.25) is 9.59 Å². The van der Waals surface area contributed by atoms with Crippen molar-refractivity contribution in [2.75, 3.05) is 12.4 Å². The van der Waals surface area contributed by atoms with Crippen LogP contribution >= 0.6 is 22.9 Å². The van der Waals surface area contributed by atoms with Gasteiger partial charge >= 0.3 is 17.8 Å². The second kappa shape index (κ2) is 10.6. The molecule has 0 saturated heterocycles. The lowest BCUT2D eigenvalue weighted by atomic mass is 10.1. The van der Waals surface area contributed by atoms with E-state index < -0.39 is 17.8 Å². The van der Waals surface area contributed by atoms with Crippen LogP contribution in [0.25, 0.3) is 0 Å². The van der Waals surface area contributed by atoms with Gasteiger partial charge in [0.2, 0.25) is 0 Å². The van der Waals surface area contributed by atoms with Gasteiger partial charge in [0, 0.05) is 16.3 Å². The van der Waals surface area contributed by atoms with Gasteiger partial charge in [-0.2, -0.15) is 5.10 Å². The second-order valence-electron chi connectivity index (χ2n) is 6.33. The van der Waals surface area contributed by atoms with Crippen molar-refractivity contribution in [2.24, 2.45) is 5.10 Å². The van der Waals surface area contributed by atoms with E-state index >= 15 is 0 Å². The maximum atomic E-state index is 12.2. The SMILES string of the molecule is COc1cc(C(C)=NNC(=O)C(=O)Nc2ccc(Cl)cc2)ccc1OC(=O)c1cccs1. The molecule has 0 radical (unpaired) electrons. The minimum atomic E-state index is -0.937.